The largest absolute Gasteiger partial charge is 0.494 e. The lowest BCUT2D eigenvalue weighted by molar-refractivity contribution is -0.113. The quantitative estimate of drug-likeness (QED) is 0.809. The monoisotopic (exact) mass is 341 g/mol. The summed E-state index contributed by atoms with van der Waals surface area (Å²) in [5.41, 5.74) is 4.85. The second-order valence-corrected chi connectivity index (χ2v) is 6.90. The number of anilines is 1. The highest BCUT2D eigenvalue weighted by Crippen LogP contribution is 2.26. The Morgan fingerprint density at radius 1 is 1.17 bits per heavy atom. The van der Waals surface area contributed by atoms with Gasteiger partial charge in [-0.15, -0.1) is 11.8 Å². The molecular weight excluding hydrogens is 318 g/mol. The van der Waals surface area contributed by atoms with Gasteiger partial charge in [0.15, 0.2) is 0 Å². The van der Waals surface area contributed by atoms with Crippen LogP contribution in [0.1, 0.15) is 30.0 Å². The highest BCUT2D eigenvalue weighted by Gasteiger charge is 2.12. The van der Waals surface area contributed by atoms with Crippen molar-refractivity contribution in [2.24, 2.45) is 0 Å². The highest BCUT2D eigenvalue weighted by atomic mass is 32.2. The lowest BCUT2D eigenvalue weighted by Crippen LogP contribution is -2.14. The molecule has 0 saturated carbocycles. The number of carbonyl (C=O) groups is 1. The molecule has 0 heterocycles. The number of carbonyl (C=O) groups excluding carboxylic acids is 1. The van der Waals surface area contributed by atoms with Crippen molar-refractivity contribution in [1.82, 2.24) is 0 Å². The molecule has 3 rings (SSSR count). The van der Waals surface area contributed by atoms with Crippen LogP contribution in [0.5, 0.6) is 5.75 Å². The zero-order valence-corrected chi connectivity index (χ0v) is 14.8. The molecular formula is C20H23NO2S. The zero-order chi connectivity index (χ0) is 16.8. The van der Waals surface area contributed by atoms with E-state index in [0.717, 1.165) is 29.2 Å². The third-order valence-electron chi connectivity index (χ3n) is 4.15. The molecule has 0 atom stereocenters. The van der Waals surface area contributed by atoms with Gasteiger partial charge in [-0.25, -0.2) is 0 Å². The second-order valence-electron chi connectivity index (χ2n) is 5.92. The molecule has 2 aromatic rings. The molecule has 3 nitrogen and oxygen atoms in total. The summed E-state index contributed by atoms with van der Waals surface area (Å²) in [7, 11) is 0. The van der Waals surface area contributed by atoms with Crippen molar-refractivity contribution in [2.75, 3.05) is 17.7 Å². The third-order valence-corrected chi connectivity index (χ3v) is 5.13. The van der Waals surface area contributed by atoms with E-state index in [1.807, 2.05) is 31.2 Å². The number of ether oxygens (including phenoxy) is 1. The van der Waals surface area contributed by atoms with Gasteiger partial charge in [0.05, 0.1) is 12.4 Å². The minimum atomic E-state index is 0.0480. The molecule has 2 aromatic carbocycles. The maximum Gasteiger partial charge on any atom is 0.234 e. The zero-order valence-electron chi connectivity index (χ0n) is 14.0. The maximum atomic E-state index is 12.2. The van der Waals surface area contributed by atoms with E-state index in [2.05, 4.69) is 23.5 Å². The molecule has 1 N–H and O–H groups in total. The predicted molar refractivity (Wildman–Crippen MR) is 101 cm³/mol. The summed E-state index contributed by atoms with van der Waals surface area (Å²) in [6, 6.07) is 14.3. The van der Waals surface area contributed by atoms with Gasteiger partial charge in [-0.1, -0.05) is 24.3 Å². The van der Waals surface area contributed by atoms with Crippen LogP contribution < -0.4 is 10.1 Å². The summed E-state index contributed by atoms with van der Waals surface area (Å²) in [5.74, 6) is 2.17. The number of hydrogen-bond donors (Lipinski definition) is 1. The summed E-state index contributed by atoms with van der Waals surface area (Å²) in [4.78, 5) is 12.2. The third kappa shape index (κ3) is 4.32. The van der Waals surface area contributed by atoms with Crippen LogP contribution in [0, 0.1) is 0 Å². The molecule has 1 aliphatic carbocycles. The fraction of sp³-hybridized carbons (Fsp3) is 0.350. The average Bonchev–Trinajstić information content (AvgIpc) is 3.04. The maximum absolute atomic E-state index is 12.2. The Kier molecular flexibility index (Phi) is 5.81. The molecule has 0 aromatic heterocycles. The lowest BCUT2D eigenvalue weighted by atomic mass is 10.1. The van der Waals surface area contributed by atoms with E-state index in [-0.39, 0.29) is 5.91 Å². The van der Waals surface area contributed by atoms with Crippen molar-refractivity contribution in [1.29, 1.82) is 0 Å². The molecule has 0 unspecified atom stereocenters. The Labute approximate surface area is 147 Å². The first-order valence-electron chi connectivity index (χ1n) is 8.46. The topological polar surface area (TPSA) is 38.3 Å². The molecule has 24 heavy (non-hydrogen) atoms. The van der Waals surface area contributed by atoms with Gasteiger partial charge in [-0.2, -0.15) is 0 Å². The van der Waals surface area contributed by atoms with Crippen LogP contribution in [-0.4, -0.2) is 18.3 Å². The van der Waals surface area contributed by atoms with Crippen LogP contribution in [0.4, 0.5) is 5.69 Å². The Balaban J connectivity index is 1.49. The first kappa shape index (κ1) is 16.9. The number of amides is 1. The molecule has 0 radical (unpaired) electrons. The summed E-state index contributed by atoms with van der Waals surface area (Å²) >= 11 is 1.61. The van der Waals surface area contributed by atoms with Gasteiger partial charge in [0.25, 0.3) is 0 Å². The van der Waals surface area contributed by atoms with Gasteiger partial charge in [-0.3, -0.25) is 4.79 Å². The lowest BCUT2D eigenvalue weighted by Gasteiger charge is -2.10. The standard InChI is InChI=1S/C20H23NO2S/c1-2-23-19-9-4-3-6-17(19)13-24-14-20(22)21-18-11-10-15-7-5-8-16(15)12-18/h3-4,6,9-12H,2,5,7-8,13-14H2,1H3,(H,21,22). The second kappa shape index (κ2) is 8.25. The van der Waals surface area contributed by atoms with E-state index < -0.39 is 0 Å². The number of hydrogen-bond acceptors (Lipinski definition) is 3. The van der Waals surface area contributed by atoms with E-state index in [1.165, 1.54) is 24.0 Å². The van der Waals surface area contributed by atoms with Crippen LogP contribution in [0.15, 0.2) is 42.5 Å². The van der Waals surface area contributed by atoms with Gasteiger partial charge in [0.2, 0.25) is 5.91 Å². The normalized spacial score (nSPS) is 12.7. The number of para-hydroxylation sites is 1. The molecule has 0 spiro atoms. The van der Waals surface area contributed by atoms with E-state index >= 15 is 0 Å². The Hall–Kier alpha value is -1.94. The SMILES string of the molecule is CCOc1ccccc1CSCC(=O)Nc1ccc2c(c1)CCC2. The van der Waals surface area contributed by atoms with E-state index in [0.29, 0.717) is 12.4 Å². The molecule has 0 bridgehead atoms. The fourth-order valence-electron chi connectivity index (χ4n) is 3.02. The van der Waals surface area contributed by atoms with Crippen molar-refractivity contribution in [3.63, 3.8) is 0 Å². The van der Waals surface area contributed by atoms with Crippen LogP contribution in [0.25, 0.3) is 0 Å². The van der Waals surface area contributed by atoms with E-state index in [1.54, 1.807) is 11.8 Å². The summed E-state index contributed by atoms with van der Waals surface area (Å²) in [6.45, 7) is 2.63. The molecule has 4 heteroatoms. The van der Waals surface area contributed by atoms with Crippen molar-refractivity contribution < 1.29 is 9.53 Å². The van der Waals surface area contributed by atoms with Gasteiger partial charge >= 0.3 is 0 Å². The number of nitrogens with one attached hydrogen (secondary N) is 1. The van der Waals surface area contributed by atoms with Crippen molar-refractivity contribution >= 4 is 23.4 Å². The first-order valence-corrected chi connectivity index (χ1v) is 9.62. The number of rotatable bonds is 7. The van der Waals surface area contributed by atoms with Gasteiger partial charge in [-0.05, 0) is 55.5 Å². The Morgan fingerprint density at radius 2 is 2.00 bits per heavy atom. The first-order chi connectivity index (χ1) is 11.8. The van der Waals surface area contributed by atoms with E-state index in [4.69, 9.17) is 4.74 Å². The number of benzene rings is 2. The van der Waals surface area contributed by atoms with Crippen LogP contribution in [0.3, 0.4) is 0 Å². The number of fused-ring (bicyclic) bond motifs is 1. The smallest absolute Gasteiger partial charge is 0.234 e. The summed E-state index contributed by atoms with van der Waals surface area (Å²) in [5, 5.41) is 3.01. The molecule has 126 valence electrons. The molecule has 0 saturated heterocycles. The minimum absolute atomic E-state index is 0.0480. The highest BCUT2D eigenvalue weighted by molar-refractivity contribution is 7.99. The summed E-state index contributed by atoms with van der Waals surface area (Å²) < 4.78 is 5.62. The van der Waals surface area contributed by atoms with Crippen molar-refractivity contribution in [3.8, 4) is 5.75 Å². The number of thioether (sulfide) groups is 1. The summed E-state index contributed by atoms with van der Waals surface area (Å²) in [6.07, 6.45) is 3.52. The van der Waals surface area contributed by atoms with Gasteiger partial charge in [0.1, 0.15) is 5.75 Å². The average molecular weight is 341 g/mol. The minimum Gasteiger partial charge on any atom is -0.494 e. The van der Waals surface area contributed by atoms with Crippen LogP contribution in [0.2, 0.25) is 0 Å². The van der Waals surface area contributed by atoms with E-state index in [9.17, 15) is 4.79 Å². The van der Waals surface area contributed by atoms with Crippen LogP contribution in [-0.2, 0) is 23.4 Å². The van der Waals surface area contributed by atoms with Crippen molar-refractivity contribution in [3.05, 3.63) is 59.2 Å². The molecule has 1 amide bonds. The van der Waals surface area contributed by atoms with Gasteiger partial charge < -0.3 is 10.1 Å². The molecule has 0 aliphatic heterocycles. The number of aryl methyl sites for hydroxylation is 2. The molecule has 0 fully saturated rings. The van der Waals surface area contributed by atoms with Crippen LogP contribution >= 0.6 is 11.8 Å². The Morgan fingerprint density at radius 3 is 2.88 bits per heavy atom. The van der Waals surface area contributed by atoms with Gasteiger partial charge in [0, 0.05) is 17.0 Å². The molecule has 1 aliphatic rings. The van der Waals surface area contributed by atoms with Crippen molar-refractivity contribution in [2.45, 2.75) is 31.9 Å². The predicted octanol–water partition coefficient (Wildman–Crippen LogP) is 4.45. The Bertz CT molecular complexity index is 715. The fourth-order valence-corrected chi connectivity index (χ4v) is 3.84.